The SMILES string of the molecule is N#Cc1cc(C2(CNC(=O)O)CCOCC2)c[nH]1. The molecule has 0 saturated carbocycles. The molecule has 0 bridgehead atoms. The van der Waals surface area contributed by atoms with E-state index >= 15 is 0 Å². The number of aromatic nitrogens is 1. The van der Waals surface area contributed by atoms with Crippen molar-refractivity contribution >= 4 is 6.09 Å². The molecule has 6 heteroatoms. The largest absolute Gasteiger partial charge is 0.465 e. The molecule has 0 atom stereocenters. The van der Waals surface area contributed by atoms with Gasteiger partial charge in [-0.1, -0.05) is 0 Å². The van der Waals surface area contributed by atoms with Gasteiger partial charge in [-0.2, -0.15) is 5.26 Å². The third kappa shape index (κ3) is 2.46. The molecule has 0 unspecified atom stereocenters. The number of nitrogens with zero attached hydrogens (tertiary/aromatic N) is 1. The predicted octanol–water partition coefficient (Wildman–Crippen LogP) is 1.20. The molecular formula is C12H15N3O3. The van der Waals surface area contributed by atoms with Crippen LogP contribution in [0.5, 0.6) is 0 Å². The number of aromatic amines is 1. The predicted molar refractivity (Wildman–Crippen MR) is 63.3 cm³/mol. The number of amides is 1. The van der Waals surface area contributed by atoms with Gasteiger partial charge >= 0.3 is 6.09 Å². The van der Waals surface area contributed by atoms with E-state index in [-0.39, 0.29) is 5.41 Å². The first-order valence-electron chi connectivity index (χ1n) is 5.80. The number of hydrogen-bond donors (Lipinski definition) is 3. The molecular weight excluding hydrogens is 234 g/mol. The Hall–Kier alpha value is -2.00. The van der Waals surface area contributed by atoms with Gasteiger partial charge in [0.1, 0.15) is 11.8 Å². The lowest BCUT2D eigenvalue weighted by atomic mass is 9.75. The lowest BCUT2D eigenvalue weighted by molar-refractivity contribution is 0.0499. The van der Waals surface area contributed by atoms with Crippen molar-refractivity contribution in [3.05, 3.63) is 23.5 Å². The molecule has 1 aliphatic rings. The number of ether oxygens (including phenoxy) is 1. The van der Waals surface area contributed by atoms with E-state index < -0.39 is 6.09 Å². The minimum absolute atomic E-state index is 0.276. The van der Waals surface area contributed by atoms with E-state index in [4.69, 9.17) is 15.1 Å². The Bertz CT molecular complexity index is 469. The Kier molecular flexibility index (Phi) is 3.53. The van der Waals surface area contributed by atoms with Crippen molar-refractivity contribution in [2.45, 2.75) is 18.3 Å². The van der Waals surface area contributed by atoms with Crippen molar-refractivity contribution in [3.63, 3.8) is 0 Å². The number of carboxylic acid groups (broad SMARTS) is 1. The van der Waals surface area contributed by atoms with Gasteiger partial charge in [0.25, 0.3) is 0 Å². The zero-order chi connectivity index (χ0) is 13.0. The van der Waals surface area contributed by atoms with Crippen LogP contribution in [-0.4, -0.2) is 35.9 Å². The van der Waals surface area contributed by atoms with Gasteiger partial charge in [0.05, 0.1) is 0 Å². The third-order valence-electron chi connectivity index (χ3n) is 3.44. The minimum Gasteiger partial charge on any atom is -0.465 e. The molecule has 0 spiro atoms. The van der Waals surface area contributed by atoms with Crippen LogP contribution in [0, 0.1) is 11.3 Å². The zero-order valence-corrected chi connectivity index (χ0v) is 9.90. The van der Waals surface area contributed by atoms with Crippen LogP contribution in [0.25, 0.3) is 0 Å². The van der Waals surface area contributed by atoms with E-state index in [0.717, 1.165) is 18.4 Å². The molecule has 2 heterocycles. The fraction of sp³-hybridized carbons (Fsp3) is 0.500. The Morgan fingerprint density at radius 2 is 2.33 bits per heavy atom. The van der Waals surface area contributed by atoms with E-state index in [0.29, 0.717) is 25.5 Å². The first-order chi connectivity index (χ1) is 8.66. The summed E-state index contributed by atoms with van der Waals surface area (Å²) in [4.78, 5) is 13.6. The van der Waals surface area contributed by atoms with Gasteiger partial charge < -0.3 is 20.1 Å². The van der Waals surface area contributed by atoms with Crippen LogP contribution in [-0.2, 0) is 10.2 Å². The Balaban J connectivity index is 2.23. The zero-order valence-electron chi connectivity index (χ0n) is 9.90. The second-order valence-electron chi connectivity index (χ2n) is 4.47. The van der Waals surface area contributed by atoms with E-state index in [1.54, 1.807) is 12.3 Å². The van der Waals surface area contributed by atoms with Gasteiger partial charge in [-0.15, -0.1) is 0 Å². The maximum absolute atomic E-state index is 10.7. The number of nitriles is 1. The molecule has 3 N–H and O–H groups in total. The Morgan fingerprint density at radius 3 is 2.89 bits per heavy atom. The minimum atomic E-state index is -1.03. The van der Waals surface area contributed by atoms with Gasteiger partial charge in [0, 0.05) is 31.4 Å². The van der Waals surface area contributed by atoms with Gasteiger partial charge in [-0.05, 0) is 24.5 Å². The first kappa shape index (κ1) is 12.5. The van der Waals surface area contributed by atoms with Crippen molar-refractivity contribution < 1.29 is 14.6 Å². The summed E-state index contributed by atoms with van der Waals surface area (Å²) < 4.78 is 5.34. The molecule has 1 fully saturated rings. The maximum Gasteiger partial charge on any atom is 0.404 e. The molecule has 0 aromatic carbocycles. The quantitative estimate of drug-likeness (QED) is 0.749. The smallest absolute Gasteiger partial charge is 0.404 e. The Morgan fingerprint density at radius 1 is 1.61 bits per heavy atom. The Labute approximate surface area is 105 Å². The molecule has 1 amide bonds. The van der Waals surface area contributed by atoms with Crippen LogP contribution in [0.4, 0.5) is 4.79 Å². The number of carbonyl (C=O) groups is 1. The van der Waals surface area contributed by atoms with Gasteiger partial charge in [0.2, 0.25) is 0 Å². The summed E-state index contributed by atoms with van der Waals surface area (Å²) in [5, 5.41) is 20.0. The highest BCUT2D eigenvalue weighted by atomic mass is 16.5. The van der Waals surface area contributed by atoms with E-state index in [1.807, 2.05) is 6.07 Å². The fourth-order valence-corrected chi connectivity index (χ4v) is 2.34. The number of rotatable bonds is 3. The lowest BCUT2D eigenvalue weighted by Gasteiger charge is -2.36. The van der Waals surface area contributed by atoms with Crippen LogP contribution >= 0.6 is 0 Å². The summed E-state index contributed by atoms with van der Waals surface area (Å²) in [5.41, 5.74) is 1.18. The highest BCUT2D eigenvalue weighted by Gasteiger charge is 2.35. The molecule has 1 aliphatic heterocycles. The van der Waals surface area contributed by atoms with Crippen molar-refractivity contribution in [2.24, 2.45) is 0 Å². The van der Waals surface area contributed by atoms with E-state index in [1.165, 1.54) is 0 Å². The van der Waals surface area contributed by atoms with Crippen LogP contribution < -0.4 is 5.32 Å². The maximum atomic E-state index is 10.7. The lowest BCUT2D eigenvalue weighted by Crippen LogP contribution is -2.44. The highest BCUT2D eigenvalue weighted by Crippen LogP contribution is 2.34. The molecule has 96 valence electrons. The summed E-state index contributed by atoms with van der Waals surface area (Å²) in [7, 11) is 0. The summed E-state index contributed by atoms with van der Waals surface area (Å²) >= 11 is 0. The van der Waals surface area contributed by atoms with Crippen molar-refractivity contribution in [2.75, 3.05) is 19.8 Å². The molecule has 18 heavy (non-hydrogen) atoms. The average Bonchev–Trinajstić information content (AvgIpc) is 2.87. The molecule has 6 nitrogen and oxygen atoms in total. The van der Waals surface area contributed by atoms with Gasteiger partial charge in [0.15, 0.2) is 0 Å². The van der Waals surface area contributed by atoms with Crippen molar-refractivity contribution in [1.82, 2.24) is 10.3 Å². The van der Waals surface area contributed by atoms with E-state index in [2.05, 4.69) is 10.3 Å². The molecule has 1 aromatic heterocycles. The molecule has 1 saturated heterocycles. The topological polar surface area (TPSA) is 98.1 Å². The van der Waals surface area contributed by atoms with E-state index in [9.17, 15) is 4.79 Å². The summed E-state index contributed by atoms with van der Waals surface area (Å²) in [6.07, 6.45) is 2.25. The van der Waals surface area contributed by atoms with Crippen LogP contribution in [0.3, 0.4) is 0 Å². The summed E-state index contributed by atoms with van der Waals surface area (Å²) in [6, 6.07) is 3.83. The molecule has 2 rings (SSSR count). The van der Waals surface area contributed by atoms with Gasteiger partial charge in [-0.3, -0.25) is 0 Å². The fourth-order valence-electron chi connectivity index (χ4n) is 2.34. The van der Waals surface area contributed by atoms with Crippen LogP contribution in [0.2, 0.25) is 0 Å². The van der Waals surface area contributed by atoms with Gasteiger partial charge in [-0.25, -0.2) is 4.79 Å². The summed E-state index contributed by atoms with van der Waals surface area (Å²) in [5.74, 6) is 0. The highest BCUT2D eigenvalue weighted by molar-refractivity contribution is 5.64. The van der Waals surface area contributed by atoms with Crippen molar-refractivity contribution in [1.29, 1.82) is 5.26 Å². The number of hydrogen-bond acceptors (Lipinski definition) is 3. The molecule has 0 aliphatic carbocycles. The molecule has 1 aromatic rings. The first-order valence-corrected chi connectivity index (χ1v) is 5.80. The standard InChI is InChI=1S/C12H15N3O3/c13-6-10-5-9(7-14-10)12(8-15-11(16)17)1-3-18-4-2-12/h5,7,14-15H,1-4,8H2,(H,16,17). The normalized spacial score (nSPS) is 17.9. The number of H-pyrrole nitrogens is 1. The van der Waals surface area contributed by atoms with Crippen LogP contribution in [0.1, 0.15) is 24.1 Å². The third-order valence-corrected chi connectivity index (χ3v) is 3.44. The second kappa shape index (κ2) is 5.10. The monoisotopic (exact) mass is 249 g/mol. The summed E-state index contributed by atoms with van der Waals surface area (Å²) in [6.45, 7) is 1.55. The average molecular weight is 249 g/mol. The molecule has 0 radical (unpaired) electrons. The van der Waals surface area contributed by atoms with Crippen LogP contribution in [0.15, 0.2) is 12.3 Å². The number of nitrogens with one attached hydrogen (secondary N) is 2. The second-order valence-corrected chi connectivity index (χ2v) is 4.47. The van der Waals surface area contributed by atoms with Crippen molar-refractivity contribution in [3.8, 4) is 6.07 Å².